The lowest BCUT2D eigenvalue weighted by atomic mass is 9.83. The Balaban J connectivity index is 1.64. The second-order valence-corrected chi connectivity index (χ2v) is 10.6. The standard InChI is InChI=1S/C25H31ClN4O3S/c1-13-9-21(34-4)20(24(32)29-13)12-28-25(33)22-15(3)30(23-19(22)10-17(26)11-27-23)14(2)16-5-7-18(31)8-6-16/h9-11,14,16,18,20,31H,5-8,12H2,1-4H3,(H,28,33)/t14-,16?,18?,20?/m1/s1. The fourth-order valence-electron chi connectivity index (χ4n) is 5.25. The first kappa shape index (κ1) is 24.9. The Hall–Kier alpha value is -2.16. The van der Waals surface area contributed by atoms with Crippen molar-refractivity contribution in [2.45, 2.75) is 58.6 Å². The molecule has 34 heavy (non-hydrogen) atoms. The molecule has 0 aromatic carbocycles. The van der Waals surface area contributed by atoms with E-state index in [-0.39, 0.29) is 30.5 Å². The third-order valence-corrected chi connectivity index (χ3v) is 8.17. The summed E-state index contributed by atoms with van der Waals surface area (Å²) >= 11 is 7.77. The molecule has 2 atom stereocenters. The van der Waals surface area contributed by atoms with Crippen LogP contribution in [0.4, 0.5) is 0 Å². The molecule has 3 heterocycles. The quantitative estimate of drug-likeness (QED) is 0.596. The van der Waals surface area contributed by atoms with Gasteiger partial charge in [0.2, 0.25) is 0 Å². The number of aromatic nitrogens is 2. The smallest absolute Gasteiger partial charge is 0.255 e. The van der Waals surface area contributed by atoms with Gasteiger partial charge in [0.25, 0.3) is 11.8 Å². The first-order chi connectivity index (χ1) is 16.2. The second kappa shape index (κ2) is 10.2. The van der Waals surface area contributed by atoms with Gasteiger partial charge in [-0.05, 0) is 70.8 Å². The van der Waals surface area contributed by atoms with Crippen molar-refractivity contribution in [1.82, 2.24) is 14.9 Å². The SMILES string of the molecule is CSC1=CC(C)=NC(=O)C1CNC(=O)c1c(C)n([C@H](C)C2CCC(O)CC2)c2ncc(Cl)cc12. The Morgan fingerprint density at radius 3 is 2.71 bits per heavy atom. The number of halogens is 1. The average Bonchev–Trinajstić information content (AvgIpc) is 3.08. The van der Waals surface area contributed by atoms with Gasteiger partial charge in [-0.2, -0.15) is 0 Å². The number of aliphatic hydroxyl groups excluding tert-OH is 1. The molecule has 182 valence electrons. The van der Waals surface area contributed by atoms with Crippen LogP contribution in [0.5, 0.6) is 0 Å². The molecule has 0 bridgehead atoms. The van der Waals surface area contributed by atoms with Gasteiger partial charge in [-0.1, -0.05) is 11.6 Å². The van der Waals surface area contributed by atoms with Gasteiger partial charge in [0.05, 0.1) is 22.6 Å². The lowest BCUT2D eigenvalue weighted by Crippen LogP contribution is -2.35. The van der Waals surface area contributed by atoms with E-state index in [1.165, 1.54) is 11.8 Å². The predicted octanol–water partition coefficient (Wildman–Crippen LogP) is 4.70. The minimum atomic E-state index is -0.481. The van der Waals surface area contributed by atoms with Crippen molar-refractivity contribution in [2.75, 3.05) is 12.8 Å². The van der Waals surface area contributed by atoms with Crippen LogP contribution in [-0.2, 0) is 4.79 Å². The Morgan fingerprint density at radius 1 is 1.32 bits per heavy atom. The molecule has 1 unspecified atom stereocenters. The topological polar surface area (TPSA) is 96.6 Å². The van der Waals surface area contributed by atoms with Gasteiger partial charge in [-0.25, -0.2) is 9.98 Å². The molecular weight excluding hydrogens is 472 g/mol. The first-order valence-corrected chi connectivity index (χ1v) is 13.3. The minimum absolute atomic E-state index is 0.119. The zero-order valence-corrected chi connectivity index (χ0v) is 21.5. The van der Waals surface area contributed by atoms with Crippen LogP contribution in [0, 0.1) is 18.8 Å². The van der Waals surface area contributed by atoms with Gasteiger partial charge >= 0.3 is 0 Å². The van der Waals surface area contributed by atoms with E-state index in [9.17, 15) is 14.7 Å². The first-order valence-electron chi connectivity index (χ1n) is 11.7. The van der Waals surface area contributed by atoms with Crippen LogP contribution in [0.15, 0.2) is 28.2 Å². The molecule has 2 N–H and O–H groups in total. The number of fused-ring (bicyclic) bond motifs is 1. The number of allylic oxidation sites excluding steroid dienone is 1. The van der Waals surface area contributed by atoms with Gasteiger partial charge in [0.1, 0.15) is 5.65 Å². The molecule has 2 aromatic heterocycles. The summed E-state index contributed by atoms with van der Waals surface area (Å²) in [5, 5.41) is 14.1. The molecule has 1 saturated carbocycles. The third kappa shape index (κ3) is 4.81. The van der Waals surface area contributed by atoms with Gasteiger partial charge in [-0.3, -0.25) is 9.59 Å². The number of hydrogen-bond donors (Lipinski definition) is 2. The van der Waals surface area contributed by atoms with Crippen molar-refractivity contribution < 1.29 is 14.7 Å². The molecule has 9 heteroatoms. The van der Waals surface area contributed by atoms with Crippen molar-refractivity contribution in [3.8, 4) is 0 Å². The molecule has 7 nitrogen and oxygen atoms in total. The van der Waals surface area contributed by atoms with Crippen molar-refractivity contribution in [3.63, 3.8) is 0 Å². The van der Waals surface area contributed by atoms with Crippen LogP contribution in [0.3, 0.4) is 0 Å². The Kier molecular flexibility index (Phi) is 7.50. The van der Waals surface area contributed by atoms with E-state index in [2.05, 4.69) is 26.8 Å². The van der Waals surface area contributed by atoms with E-state index in [0.717, 1.165) is 41.9 Å². The number of rotatable bonds is 6. The monoisotopic (exact) mass is 502 g/mol. The van der Waals surface area contributed by atoms with E-state index in [1.54, 1.807) is 19.2 Å². The number of aliphatic imine (C=N–C) groups is 1. The average molecular weight is 503 g/mol. The van der Waals surface area contributed by atoms with E-state index in [0.29, 0.717) is 27.6 Å². The number of carbonyl (C=O) groups is 2. The highest BCUT2D eigenvalue weighted by atomic mass is 35.5. The Morgan fingerprint density at radius 2 is 2.03 bits per heavy atom. The molecule has 1 aliphatic heterocycles. The molecule has 2 amide bonds. The minimum Gasteiger partial charge on any atom is -0.393 e. The van der Waals surface area contributed by atoms with Gasteiger partial charge in [0.15, 0.2) is 0 Å². The molecule has 4 rings (SSSR count). The van der Waals surface area contributed by atoms with Gasteiger partial charge in [0, 0.05) is 40.5 Å². The number of nitrogens with one attached hydrogen (secondary N) is 1. The molecule has 0 radical (unpaired) electrons. The molecule has 2 aromatic rings. The zero-order chi connectivity index (χ0) is 24.6. The number of pyridine rings is 1. The number of hydrogen-bond acceptors (Lipinski definition) is 5. The maximum Gasteiger partial charge on any atom is 0.255 e. The largest absolute Gasteiger partial charge is 0.393 e. The van der Waals surface area contributed by atoms with Crippen molar-refractivity contribution in [1.29, 1.82) is 0 Å². The third-order valence-electron chi connectivity index (χ3n) is 7.09. The summed E-state index contributed by atoms with van der Waals surface area (Å²) < 4.78 is 2.13. The Bertz CT molecular complexity index is 1180. The van der Waals surface area contributed by atoms with Crippen molar-refractivity contribution >= 4 is 51.9 Å². The molecule has 1 aliphatic carbocycles. The van der Waals surface area contributed by atoms with Crippen LogP contribution in [0.2, 0.25) is 5.02 Å². The number of thioether (sulfide) groups is 1. The normalized spacial score (nSPS) is 24.1. The molecule has 1 fully saturated rings. The molecule has 0 spiro atoms. The van der Waals surface area contributed by atoms with E-state index in [1.807, 2.05) is 19.3 Å². The summed E-state index contributed by atoms with van der Waals surface area (Å²) in [4.78, 5) is 35.5. The zero-order valence-electron chi connectivity index (χ0n) is 20.0. The van der Waals surface area contributed by atoms with E-state index >= 15 is 0 Å². The summed E-state index contributed by atoms with van der Waals surface area (Å²) in [6, 6.07) is 1.90. The maximum atomic E-state index is 13.5. The van der Waals surface area contributed by atoms with Crippen LogP contribution in [0.1, 0.15) is 61.6 Å². The van der Waals surface area contributed by atoms with E-state index < -0.39 is 5.92 Å². The summed E-state index contributed by atoms with van der Waals surface area (Å²) in [5.41, 5.74) is 2.76. The summed E-state index contributed by atoms with van der Waals surface area (Å²) in [5.74, 6) is -0.579. The van der Waals surface area contributed by atoms with Crippen LogP contribution >= 0.6 is 23.4 Å². The number of dihydropyridines is 1. The fourth-order valence-corrected chi connectivity index (χ4v) is 6.16. The highest BCUT2D eigenvalue weighted by molar-refractivity contribution is 8.02. The van der Waals surface area contributed by atoms with Crippen LogP contribution in [0.25, 0.3) is 11.0 Å². The van der Waals surface area contributed by atoms with Crippen LogP contribution in [-0.4, -0.2) is 51.1 Å². The van der Waals surface area contributed by atoms with Crippen molar-refractivity contribution in [2.24, 2.45) is 16.8 Å². The lowest BCUT2D eigenvalue weighted by Gasteiger charge is -2.32. The van der Waals surface area contributed by atoms with Crippen molar-refractivity contribution in [3.05, 3.63) is 39.5 Å². The molecular formula is C25H31ClN4O3S. The second-order valence-electron chi connectivity index (χ2n) is 9.27. The molecule has 2 aliphatic rings. The lowest BCUT2D eigenvalue weighted by molar-refractivity contribution is -0.120. The number of aliphatic hydroxyl groups is 1. The van der Waals surface area contributed by atoms with E-state index in [4.69, 9.17) is 11.6 Å². The maximum absolute atomic E-state index is 13.5. The summed E-state index contributed by atoms with van der Waals surface area (Å²) in [7, 11) is 0. The number of amides is 2. The highest BCUT2D eigenvalue weighted by Crippen LogP contribution is 2.38. The summed E-state index contributed by atoms with van der Waals surface area (Å²) in [6.07, 6.45) is 8.66. The predicted molar refractivity (Wildman–Crippen MR) is 138 cm³/mol. The summed E-state index contributed by atoms with van der Waals surface area (Å²) in [6.45, 7) is 6.07. The van der Waals surface area contributed by atoms with Crippen LogP contribution < -0.4 is 5.32 Å². The van der Waals surface area contributed by atoms with Gasteiger partial charge in [-0.15, -0.1) is 11.8 Å². The molecule has 0 saturated heterocycles. The highest BCUT2D eigenvalue weighted by Gasteiger charge is 2.31. The van der Waals surface area contributed by atoms with Gasteiger partial charge < -0.3 is 15.0 Å². The fraction of sp³-hybridized carbons (Fsp3) is 0.520. The Labute approximate surface area is 209 Å². The number of carbonyl (C=O) groups excluding carboxylic acids is 2. The number of nitrogens with zero attached hydrogens (tertiary/aromatic N) is 3.